The number of halogens is 2. The fourth-order valence-corrected chi connectivity index (χ4v) is 1.02. The number of hydrogen-bond acceptors (Lipinski definition) is 1. The fourth-order valence-electron chi connectivity index (χ4n) is 0.580. The van der Waals surface area contributed by atoms with E-state index in [9.17, 15) is 4.39 Å². The Morgan fingerprint density at radius 2 is 2.00 bits per heavy atom. The molecule has 1 rings (SSSR count). The van der Waals surface area contributed by atoms with Crippen LogP contribution in [0.1, 0.15) is 19.4 Å². The van der Waals surface area contributed by atoms with Crippen LogP contribution in [0.2, 0.25) is 0 Å². The van der Waals surface area contributed by atoms with Crippen molar-refractivity contribution in [3.8, 4) is 6.07 Å². The molecule has 0 atom stereocenters. The lowest BCUT2D eigenvalue weighted by molar-refractivity contribution is 0.627. The maximum atomic E-state index is 12.3. The lowest BCUT2D eigenvalue weighted by Crippen LogP contribution is -1.78. The summed E-state index contributed by atoms with van der Waals surface area (Å²) in [4.78, 5) is 0. The van der Waals surface area contributed by atoms with Gasteiger partial charge in [0.15, 0.2) is 0 Å². The molecule has 0 amide bonds. The number of nitrogens with zero attached hydrogens (tertiary/aromatic N) is 1. The normalized spacial score (nSPS) is 7.92. The van der Waals surface area contributed by atoms with Crippen LogP contribution in [0.5, 0.6) is 0 Å². The van der Waals surface area contributed by atoms with E-state index in [0.29, 0.717) is 10.0 Å². The van der Waals surface area contributed by atoms with Crippen LogP contribution >= 0.6 is 15.9 Å². The molecule has 0 saturated heterocycles. The van der Waals surface area contributed by atoms with Gasteiger partial charge >= 0.3 is 0 Å². The van der Waals surface area contributed by atoms with E-state index in [1.54, 1.807) is 0 Å². The number of nitriles is 1. The first kappa shape index (κ1) is 11.1. The molecule has 12 heavy (non-hydrogen) atoms. The predicted molar refractivity (Wildman–Crippen MR) is 50.2 cm³/mol. The Balaban J connectivity index is 0.000000561. The molecule has 0 spiro atoms. The topological polar surface area (TPSA) is 23.8 Å². The predicted octanol–water partition coefficient (Wildman–Crippen LogP) is 3.49. The zero-order valence-corrected chi connectivity index (χ0v) is 8.52. The minimum Gasteiger partial charge on any atom is -0.207 e. The van der Waals surface area contributed by atoms with Crippen LogP contribution in [-0.4, -0.2) is 0 Å². The van der Waals surface area contributed by atoms with E-state index in [1.165, 1.54) is 18.2 Å². The third-order valence-electron chi connectivity index (χ3n) is 1.05. The molecule has 64 valence electrons. The fraction of sp³-hybridized carbons (Fsp3) is 0.222. The molecule has 0 aliphatic rings. The van der Waals surface area contributed by atoms with Crippen molar-refractivity contribution in [2.24, 2.45) is 0 Å². The minimum absolute atomic E-state index is 0.342. The average molecular weight is 230 g/mol. The highest BCUT2D eigenvalue weighted by atomic mass is 79.9. The van der Waals surface area contributed by atoms with Crippen molar-refractivity contribution in [3.05, 3.63) is 34.1 Å². The second-order valence-corrected chi connectivity index (χ2v) is 2.59. The van der Waals surface area contributed by atoms with E-state index in [-0.39, 0.29) is 5.82 Å². The smallest absolute Gasteiger partial charge is 0.124 e. The van der Waals surface area contributed by atoms with E-state index in [2.05, 4.69) is 15.9 Å². The third-order valence-corrected chi connectivity index (χ3v) is 1.71. The van der Waals surface area contributed by atoms with Crippen LogP contribution in [0.4, 0.5) is 4.39 Å². The van der Waals surface area contributed by atoms with Gasteiger partial charge in [-0.15, -0.1) is 0 Å². The quantitative estimate of drug-likeness (QED) is 0.669. The Kier molecular flexibility index (Phi) is 5.31. The monoisotopic (exact) mass is 229 g/mol. The molecule has 0 N–H and O–H groups in total. The summed E-state index contributed by atoms with van der Waals surface area (Å²) in [6, 6.07) is 5.85. The SMILES string of the molecule is CC.N#Cc1ccc(F)cc1Br. The molecule has 0 aliphatic heterocycles. The van der Waals surface area contributed by atoms with Gasteiger partial charge in [0, 0.05) is 4.47 Å². The van der Waals surface area contributed by atoms with Crippen LogP contribution < -0.4 is 0 Å². The van der Waals surface area contributed by atoms with E-state index in [1.807, 2.05) is 19.9 Å². The number of rotatable bonds is 0. The first-order chi connectivity index (χ1) is 5.74. The van der Waals surface area contributed by atoms with Crippen molar-refractivity contribution in [2.75, 3.05) is 0 Å². The van der Waals surface area contributed by atoms with Crippen LogP contribution in [0.3, 0.4) is 0 Å². The summed E-state index contributed by atoms with van der Waals surface area (Å²) < 4.78 is 12.8. The van der Waals surface area contributed by atoms with Crippen LogP contribution in [0.15, 0.2) is 22.7 Å². The molecular formula is C9H9BrFN. The van der Waals surface area contributed by atoms with Gasteiger partial charge < -0.3 is 0 Å². The summed E-state index contributed by atoms with van der Waals surface area (Å²) in [6.07, 6.45) is 0. The second kappa shape index (κ2) is 5.73. The molecule has 0 bridgehead atoms. The van der Waals surface area contributed by atoms with Crippen molar-refractivity contribution in [1.82, 2.24) is 0 Å². The summed E-state index contributed by atoms with van der Waals surface area (Å²) in [5.74, 6) is -0.342. The third kappa shape index (κ3) is 3.02. The van der Waals surface area contributed by atoms with Gasteiger partial charge in [0.25, 0.3) is 0 Å². The highest BCUT2D eigenvalue weighted by Gasteiger charge is 1.97. The number of hydrogen-bond donors (Lipinski definition) is 0. The van der Waals surface area contributed by atoms with Gasteiger partial charge in [-0.1, -0.05) is 13.8 Å². The van der Waals surface area contributed by atoms with Crippen molar-refractivity contribution in [1.29, 1.82) is 5.26 Å². The first-order valence-electron chi connectivity index (χ1n) is 3.59. The Hall–Kier alpha value is -0.880. The Morgan fingerprint density at radius 3 is 2.42 bits per heavy atom. The zero-order valence-electron chi connectivity index (χ0n) is 6.94. The Bertz CT molecular complexity index is 291. The lowest BCUT2D eigenvalue weighted by atomic mass is 10.2. The molecule has 0 fully saturated rings. The summed E-state index contributed by atoms with van der Waals surface area (Å²) in [5, 5.41) is 8.41. The average Bonchev–Trinajstić information content (AvgIpc) is 2.08. The zero-order chi connectivity index (χ0) is 9.56. The highest BCUT2D eigenvalue weighted by Crippen LogP contribution is 2.16. The van der Waals surface area contributed by atoms with Gasteiger partial charge in [-0.2, -0.15) is 5.26 Å². The maximum absolute atomic E-state index is 12.3. The number of benzene rings is 1. The summed E-state index contributed by atoms with van der Waals surface area (Å²) in [6.45, 7) is 4.00. The molecule has 0 aromatic heterocycles. The molecule has 3 heteroatoms. The van der Waals surface area contributed by atoms with Crippen LogP contribution in [-0.2, 0) is 0 Å². The highest BCUT2D eigenvalue weighted by molar-refractivity contribution is 9.10. The standard InChI is InChI=1S/C7H3BrFN.C2H6/c8-7-3-6(9)2-1-5(7)4-10;1-2/h1-3H;1-2H3. The van der Waals surface area contributed by atoms with Crippen molar-refractivity contribution >= 4 is 15.9 Å². The summed E-state index contributed by atoms with van der Waals surface area (Å²) >= 11 is 3.04. The molecule has 0 radical (unpaired) electrons. The first-order valence-corrected chi connectivity index (χ1v) is 4.38. The van der Waals surface area contributed by atoms with E-state index < -0.39 is 0 Å². The Labute approximate surface area is 80.0 Å². The molecule has 0 aliphatic carbocycles. The minimum atomic E-state index is -0.342. The van der Waals surface area contributed by atoms with Gasteiger partial charge in [0.2, 0.25) is 0 Å². The lowest BCUT2D eigenvalue weighted by Gasteiger charge is -1.92. The summed E-state index contributed by atoms with van der Waals surface area (Å²) in [7, 11) is 0. The molecule has 1 aromatic carbocycles. The Morgan fingerprint density at radius 1 is 1.42 bits per heavy atom. The van der Waals surface area contributed by atoms with Gasteiger partial charge in [0.05, 0.1) is 5.56 Å². The van der Waals surface area contributed by atoms with Gasteiger partial charge in [-0.05, 0) is 34.1 Å². The molecule has 1 aromatic rings. The summed E-state index contributed by atoms with van der Waals surface area (Å²) in [5.41, 5.74) is 0.446. The molecule has 0 heterocycles. The van der Waals surface area contributed by atoms with E-state index in [4.69, 9.17) is 5.26 Å². The molecule has 1 nitrogen and oxygen atoms in total. The van der Waals surface area contributed by atoms with Crippen molar-refractivity contribution in [3.63, 3.8) is 0 Å². The van der Waals surface area contributed by atoms with Gasteiger partial charge in [0.1, 0.15) is 11.9 Å². The van der Waals surface area contributed by atoms with Crippen molar-refractivity contribution in [2.45, 2.75) is 13.8 Å². The van der Waals surface area contributed by atoms with E-state index >= 15 is 0 Å². The molecule has 0 unspecified atom stereocenters. The second-order valence-electron chi connectivity index (χ2n) is 1.74. The van der Waals surface area contributed by atoms with Crippen LogP contribution in [0.25, 0.3) is 0 Å². The van der Waals surface area contributed by atoms with Crippen LogP contribution in [0, 0.1) is 17.1 Å². The molecular weight excluding hydrogens is 221 g/mol. The van der Waals surface area contributed by atoms with Gasteiger partial charge in [-0.3, -0.25) is 0 Å². The van der Waals surface area contributed by atoms with E-state index in [0.717, 1.165) is 0 Å². The van der Waals surface area contributed by atoms with Crippen molar-refractivity contribution < 1.29 is 4.39 Å². The largest absolute Gasteiger partial charge is 0.207 e. The maximum Gasteiger partial charge on any atom is 0.124 e. The van der Waals surface area contributed by atoms with Gasteiger partial charge in [-0.25, -0.2) is 4.39 Å². The molecule has 0 saturated carbocycles.